The van der Waals surface area contributed by atoms with E-state index in [4.69, 9.17) is 5.73 Å². The second kappa shape index (κ2) is 4.61. The molecule has 0 aromatic rings. The van der Waals surface area contributed by atoms with Crippen LogP contribution in [-0.2, 0) is 4.79 Å². The van der Waals surface area contributed by atoms with Gasteiger partial charge in [-0.2, -0.15) is 0 Å². The average Bonchev–Trinajstić information content (AvgIpc) is 2.15. The molecule has 0 radical (unpaired) electrons. The lowest BCUT2D eigenvalue weighted by molar-refractivity contribution is -0.136. The van der Waals surface area contributed by atoms with Crippen molar-refractivity contribution in [3.63, 3.8) is 0 Å². The Hall–Kier alpha value is -0.570. The lowest BCUT2D eigenvalue weighted by atomic mass is 10.0. The zero-order chi connectivity index (χ0) is 9.84. The molecule has 1 heterocycles. The molecule has 0 aromatic carbocycles. The zero-order valence-electron chi connectivity index (χ0n) is 8.62. The molecule has 2 unspecified atom stereocenters. The standard InChI is InChI=1S/C10H20N2O/c1-3-8(2)10(13)12-6-4-5-9(11)7-12/h8-9H,3-7,11H2,1-2H3. The molecule has 1 rings (SSSR count). The molecule has 1 aliphatic heterocycles. The van der Waals surface area contributed by atoms with Crippen LogP contribution in [0.5, 0.6) is 0 Å². The first kappa shape index (κ1) is 10.5. The molecule has 0 aliphatic carbocycles. The molecule has 0 spiro atoms. The predicted octanol–water partition coefficient (Wildman–Crippen LogP) is 0.982. The minimum absolute atomic E-state index is 0.158. The summed E-state index contributed by atoms with van der Waals surface area (Å²) in [7, 11) is 0. The molecule has 3 nitrogen and oxygen atoms in total. The van der Waals surface area contributed by atoms with Gasteiger partial charge in [-0.1, -0.05) is 13.8 Å². The molecule has 13 heavy (non-hydrogen) atoms. The van der Waals surface area contributed by atoms with Crippen LogP contribution >= 0.6 is 0 Å². The van der Waals surface area contributed by atoms with Crippen LogP contribution in [-0.4, -0.2) is 29.9 Å². The highest BCUT2D eigenvalue weighted by molar-refractivity contribution is 5.78. The highest BCUT2D eigenvalue weighted by Gasteiger charge is 2.23. The van der Waals surface area contributed by atoms with Gasteiger partial charge in [0.1, 0.15) is 0 Å². The van der Waals surface area contributed by atoms with Gasteiger partial charge in [-0.25, -0.2) is 0 Å². The first-order chi connectivity index (χ1) is 6.15. The summed E-state index contributed by atoms with van der Waals surface area (Å²) in [6, 6.07) is 0.196. The molecular weight excluding hydrogens is 164 g/mol. The van der Waals surface area contributed by atoms with Gasteiger partial charge in [-0.05, 0) is 19.3 Å². The number of amides is 1. The predicted molar refractivity (Wildman–Crippen MR) is 53.2 cm³/mol. The van der Waals surface area contributed by atoms with Gasteiger partial charge in [0.2, 0.25) is 5.91 Å². The van der Waals surface area contributed by atoms with Crippen LogP contribution in [0.1, 0.15) is 33.1 Å². The van der Waals surface area contributed by atoms with Crippen LogP contribution in [0, 0.1) is 5.92 Å². The molecule has 1 aliphatic rings. The maximum absolute atomic E-state index is 11.7. The van der Waals surface area contributed by atoms with Gasteiger partial charge in [0, 0.05) is 25.0 Å². The molecule has 0 saturated carbocycles. The van der Waals surface area contributed by atoms with Gasteiger partial charge in [-0.15, -0.1) is 0 Å². The normalized spacial score (nSPS) is 25.8. The molecule has 2 atom stereocenters. The highest BCUT2D eigenvalue weighted by Crippen LogP contribution is 2.13. The van der Waals surface area contributed by atoms with E-state index in [0.29, 0.717) is 0 Å². The fourth-order valence-electron chi connectivity index (χ4n) is 1.70. The van der Waals surface area contributed by atoms with Crippen molar-refractivity contribution >= 4 is 5.91 Å². The number of hydrogen-bond acceptors (Lipinski definition) is 2. The summed E-state index contributed by atoms with van der Waals surface area (Å²) in [6.07, 6.45) is 3.04. The van der Waals surface area contributed by atoms with E-state index < -0.39 is 0 Å². The highest BCUT2D eigenvalue weighted by atomic mass is 16.2. The lowest BCUT2D eigenvalue weighted by Gasteiger charge is -2.32. The third kappa shape index (κ3) is 2.69. The van der Waals surface area contributed by atoms with Crippen molar-refractivity contribution in [3.8, 4) is 0 Å². The van der Waals surface area contributed by atoms with Crippen LogP contribution in [0.25, 0.3) is 0 Å². The minimum Gasteiger partial charge on any atom is -0.341 e. The van der Waals surface area contributed by atoms with Gasteiger partial charge >= 0.3 is 0 Å². The zero-order valence-corrected chi connectivity index (χ0v) is 8.62. The van der Waals surface area contributed by atoms with Crippen molar-refractivity contribution in [2.24, 2.45) is 11.7 Å². The van der Waals surface area contributed by atoms with E-state index in [1.165, 1.54) is 0 Å². The van der Waals surface area contributed by atoms with Gasteiger partial charge in [0.05, 0.1) is 0 Å². The topological polar surface area (TPSA) is 46.3 Å². The van der Waals surface area contributed by atoms with E-state index in [1.54, 1.807) is 0 Å². The van der Waals surface area contributed by atoms with E-state index in [9.17, 15) is 4.79 Å². The maximum atomic E-state index is 11.7. The number of hydrogen-bond donors (Lipinski definition) is 1. The van der Waals surface area contributed by atoms with Crippen molar-refractivity contribution in [1.82, 2.24) is 4.90 Å². The summed E-state index contributed by atoms with van der Waals surface area (Å²) < 4.78 is 0. The number of nitrogens with two attached hydrogens (primary N) is 1. The fraction of sp³-hybridized carbons (Fsp3) is 0.900. The Morgan fingerprint density at radius 1 is 1.69 bits per heavy atom. The van der Waals surface area contributed by atoms with Crippen LogP contribution in [0.4, 0.5) is 0 Å². The smallest absolute Gasteiger partial charge is 0.225 e. The Labute approximate surface area is 80.3 Å². The van der Waals surface area contributed by atoms with E-state index >= 15 is 0 Å². The Bertz CT molecular complexity index is 182. The second-order valence-corrected chi connectivity index (χ2v) is 4.00. The first-order valence-electron chi connectivity index (χ1n) is 5.19. The summed E-state index contributed by atoms with van der Waals surface area (Å²) in [5, 5.41) is 0. The number of likely N-dealkylation sites (tertiary alicyclic amines) is 1. The van der Waals surface area contributed by atoms with Gasteiger partial charge in [-0.3, -0.25) is 4.79 Å². The average molecular weight is 184 g/mol. The van der Waals surface area contributed by atoms with Crippen molar-refractivity contribution in [2.45, 2.75) is 39.2 Å². The van der Waals surface area contributed by atoms with Gasteiger partial charge < -0.3 is 10.6 Å². The molecule has 3 heteroatoms. The Morgan fingerprint density at radius 2 is 2.38 bits per heavy atom. The first-order valence-corrected chi connectivity index (χ1v) is 5.19. The quantitative estimate of drug-likeness (QED) is 0.695. The fourth-order valence-corrected chi connectivity index (χ4v) is 1.70. The van der Waals surface area contributed by atoms with Crippen molar-refractivity contribution in [3.05, 3.63) is 0 Å². The van der Waals surface area contributed by atoms with Crippen molar-refractivity contribution in [1.29, 1.82) is 0 Å². The number of carbonyl (C=O) groups excluding carboxylic acids is 1. The van der Waals surface area contributed by atoms with Gasteiger partial charge in [0.15, 0.2) is 0 Å². The third-order valence-electron chi connectivity index (χ3n) is 2.80. The number of nitrogens with zero attached hydrogens (tertiary/aromatic N) is 1. The summed E-state index contributed by atoms with van der Waals surface area (Å²) in [6.45, 7) is 5.69. The van der Waals surface area contributed by atoms with Gasteiger partial charge in [0.25, 0.3) is 0 Å². The summed E-state index contributed by atoms with van der Waals surface area (Å²) >= 11 is 0. The van der Waals surface area contributed by atoms with E-state index in [0.717, 1.165) is 32.4 Å². The molecule has 1 fully saturated rings. The summed E-state index contributed by atoms with van der Waals surface area (Å²) in [5.41, 5.74) is 5.81. The number of carbonyl (C=O) groups is 1. The Kier molecular flexibility index (Phi) is 3.72. The minimum atomic E-state index is 0.158. The summed E-state index contributed by atoms with van der Waals surface area (Å²) in [5.74, 6) is 0.433. The van der Waals surface area contributed by atoms with Crippen molar-refractivity contribution < 1.29 is 4.79 Å². The molecule has 76 valence electrons. The van der Waals surface area contributed by atoms with Crippen LogP contribution < -0.4 is 5.73 Å². The maximum Gasteiger partial charge on any atom is 0.225 e. The molecular formula is C10H20N2O. The third-order valence-corrected chi connectivity index (χ3v) is 2.80. The Balaban J connectivity index is 2.46. The van der Waals surface area contributed by atoms with Crippen LogP contribution in [0.3, 0.4) is 0 Å². The van der Waals surface area contributed by atoms with Crippen LogP contribution in [0.15, 0.2) is 0 Å². The Morgan fingerprint density at radius 3 is 2.92 bits per heavy atom. The molecule has 2 N–H and O–H groups in total. The lowest BCUT2D eigenvalue weighted by Crippen LogP contribution is -2.47. The van der Waals surface area contributed by atoms with E-state index in [1.807, 2.05) is 18.7 Å². The number of rotatable bonds is 2. The summed E-state index contributed by atoms with van der Waals surface area (Å²) in [4.78, 5) is 13.7. The van der Waals surface area contributed by atoms with Crippen molar-refractivity contribution in [2.75, 3.05) is 13.1 Å². The molecule has 0 aromatic heterocycles. The molecule has 1 saturated heterocycles. The number of piperidine rings is 1. The SMILES string of the molecule is CCC(C)C(=O)N1CCCC(N)C1. The monoisotopic (exact) mass is 184 g/mol. The van der Waals surface area contributed by atoms with E-state index in [-0.39, 0.29) is 17.9 Å². The molecule has 1 amide bonds. The largest absolute Gasteiger partial charge is 0.341 e. The molecule has 0 bridgehead atoms. The van der Waals surface area contributed by atoms with Crippen LogP contribution in [0.2, 0.25) is 0 Å². The van der Waals surface area contributed by atoms with E-state index in [2.05, 4.69) is 0 Å². The second-order valence-electron chi connectivity index (χ2n) is 4.00.